The molecule has 0 fully saturated rings. The van der Waals surface area contributed by atoms with Crippen LogP contribution in [0.4, 0.5) is 0 Å². The van der Waals surface area contributed by atoms with Gasteiger partial charge < -0.3 is 14.2 Å². The summed E-state index contributed by atoms with van der Waals surface area (Å²) in [6.07, 6.45) is 1.88. The monoisotopic (exact) mass is 440 g/mol. The highest BCUT2D eigenvalue weighted by Gasteiger charge is 2.20. The van der Waals surface area contributed by atoms with E-state index in [-0.39, 0.29) is 0 Å². The molecule has 0 unspecified atom stereocenters. The fourth-order valence-electron chi connectivity index (χ4n) is 4.47. The second-order valence-electron chi connectivity index (χ2n) is 7.89. The Morgan fingerprint density at radius 2 is 1.38 bits per heavy atom. The van der Waals surface area contributed by atoms with Crippen molar-refractivity contribution in [2.75, 3.05) is 0 Å². The Labute approximate surface area is 197 Å². The molecule has 5 nitrogen and oxygen atoms in total. The van der Waals surface area contributed by atoms with Crippen LogP contribution in [-0.2, 0) is 0 Å². The van der Waals surface area contributed by atoms with Gasteiger partial charge in [-0.3, -0.25) is 0 Å². The van der Waals surface area contributed by atoms with Crippen LogP contribution < -0.4 is 4.65 Å². The number of aromatic nitrogens is 3. The van der Waals surface area contributed by atoms with E-state index in [1.54, 1.807) is 0 Å². The highest BCUT2D eigenvalue weighted by molar-refractivity contribution is 6.20. The molecule has 1 radical (unpaired) electrons. The summed E-state index contributed by atoms with van der Waals surface area (Å²) in [4.78, 5) is 9.79. The van der Waals surface area contributed by atoms with Gasteiger partial charge in [-0.05, 0) is 18.2 Å². The largest absolute Gasteiger partial charge is 0.569 e. The number of benzene rings is 4. The molecule has 0 aliphatic rings. The summed E-state index contributed by atoms with van der Waals surface area (Å²) in [6.45, 7) is 0. The molecule has 0 aliphatic carbocycles. The zero-order valence-electron chi connectivity index (χ0n) is 18.2. The predicted molar refractivity (Wildman–Crippen MR) is 136 cm³/mol. The Morgan fingerprint density at radius 1 is 0.706 bits per heavy atom. The van der Waals surface area contributed by atoms with Gasteiger partial charge >= 0.3 is 7.69 Å². The molecule has 6 aromatic rings. The molecule has 0 amide bonds. The summed E-state index contributed by atoms with van der Waals surface area (Å²) in [5.41, 5.74) is 5.59. The van der Waals surface area contributed by atoms with Crippen molar-refractivity contribution in [1.29, 1.82) is 0 Å². The molecule has 161 valence electrons. The first-order valence-electron chi connectivity index (χ1n) is 11.0. The van der Waals surface area contributed by atoms with E-state index in [2.05, 4.69) is 28.8 Å². The van der Waals surface area contributed by atoms with Gasteiger partial charge in [0.15, 0.2) is 5.82 Å². The highest BCUT2D eigenvalue weighted by Crippen LogP contribution is 2.39. The van der Waals surface area contributed by atoms with Crippen molar-refractivity contribution < 1.29 is 9.68 Å². The van der Waals surface area contributed by atoms with Crippen molar-refractivity contribution in [3.8, 4) is 34.1 Å². The zero-order valence-corrected chi connectivity index (χ0v) is 18.2. The van der Waals surface area contributed by atoms with Crippen LogP contribution in [0.25, 0.3) is 50.1 Å². The first-order chi connectivity index (χ1) is 16.8. The zero-order chi connectivity index (χ0) is 22.9. The summed E-state index contributed by atoms with van der Waals surface area (Å²) in [5.74, 6) is 1.25. The second kappa shape index (κ2) is 8.50. The maximum absolute atomic E-state index is 9.33. The molecule has 1 N–H and O–H groups in total. The maximum Gasteiger partial charge on any atom is 0.569 e. The number of hydrogen-bond donors (Lipinski definition) is 1. The first kappa shape index (κ1) is 20.2. The van der Waals surface area contributed by atoms with E-state index in [0.29, 0.717) is 19.3 Å². The summed E-state index contributed by atoms with van der Waals surface area (Å²) in [6, 6.07) is 34.1. The number of para-hydroxylation sites is 1. The van der Waals surface area contributed by atoms with Crippen molar-refractivity contribution in [3.63, 3.8) is 0 Å². The second-order valence-corrected chi connectivity index (χ2v) is 7.89. The van der Waals surface area contributed by atoms with E-state index in [1.807, 2.05) is 85.1 Å². The number of rotatable bonds is 5. The minimum absolute atomic E-state index is 0.582. The SMILES string of the molecule is O[B]Oc1cccc2c1c1ccccc1n2-c1cnc(-c2ccccc2)nc1-c1ccccc1. The molecular weight excluding hydrogens is 421 g/mol. The van der Waals surface area contributed by atoms with Gasteiger partial charge in [0.1, 0.15) is 5.75 Å². The average Bonchev–Trinajstić information content (AvgIpc) is 3.25. The van der Waals surface area contributed by atoms with Crippen LogP contribution in [0.2, 0.25) is 0 Å². The summed E-state index contributed by atoms with van der Waals surface area (Å²) < 4.78 is 7.61. The third kappa shape index (κ3) is 3.32. The Kier molecular flexibility index (Phi) is 5.05. The summed E-state index contributed by atoms with van der Waals surface area (Å²) >= 11 is 0. The molecule has 34 heavy (non-hydrogen) atoms. The van der Waals surface area contributed by atoms with E-state index in [9.17, 15) is 5.02 Å². The lowest BCUT2D eigenvalue weighted by molar-refractivity contribution is 0.457. The Balaban J connectivity index is 1.69. The number of nitrogens with zero attached hydrogens (tertiary/aromatic N) is 3. The Morgan fingerprint density at radius 3 is 2.15 bits per heavy atom. The van der Waals surface area contributed by atoms with Crippen molar-refractivity contribution in [3.05, 3.63) is 109 Å². The van der Waals surface area contributed by atoms with Crippen LogP contribution in [0.3, 0.4) is 0 Å². The third-order valence-electron chi connectivity index (χ3n) is 5.93. The van der Waals surface area contributed by atoms with Crippen LogP contribution in [0.15, 0.2) is 109 Å². The van der Waals surface area contributed by atoms with Crippen LogP contribution in [0.1, 0.15) is 0 Å². The molecule has 0 aliphatic heterocycles. The quantitative estimate of drug-likeness (QED) is 0.344. The van der Waals surface area contributed by atoms with E-state index in [1.165, 1.54) is 0 Å². The normalized spacial score (nSPS) is 11.1. The lowest BCUT2D eigenvalue weighted by atomic mass is 10.1. The minimum atomic E-state index is 0.582. The molecular formula is C28H19BN3O2. The smallest absolute Gasteiger partial charge is 0.537 e. The van der Waals surface area contributed by atoms with E-state index in [4.69, 9.17) is 14.6 Å². The minimum Gasteiger partial charge on any atom is -0.537 e. The van der Waals surface area contributed by atoms with Crippen LogP contribution in [0.5, 0.6) is 5.75 Å². The van der Waals surface area contributed by atoms with Gasteiger partial charge in [-0.15, -0.1) is 0 Å². The molecule has 2 aromatic heterocycles. The number of fused-ring (bicyclic) bond motifs is 3. The van der Waals surface area contributed by atoms with Crippen molar-refractivity contribution in [2.45, 2.75) is 0 Å². The highest BCUT2D eigenvalue weighted by atomic mass is 16.5. The van der Waals surface area contributed by atoms with Gasteiger partial charge in [-0.25, -0.2) is 9.97 Å². The summed E-state index contributed by atoms with van der Waals surface area (Å²) in [5, 5.41) is 11.3. The average molecular weight is 440 g/mol. The third-order valence-corrected chi connectivity index (χ3v) is 5.93. The fraction of sp³-hybridized carbons (Fsp3) is 0. The standard InChI is InChI=1S/C28H19BN3O2/c33-29-34-25-17-9-16-23-26(25)21-14-7-8-15-22(21)32(23)24-18-30-28(20-12-5-2-6-13-20)31-27(24)19-10-3-1-4-11-19/h1-18,33H. The lowest BCUT2D eigenvalue weighted by Crippen LogP contribution is -2.03. The van der Waals surface area contributed by atoms with Gasteiger partial charge in [-0.2, -0.15) is 0 Å². The Bertz CT molecular complexity index is 1620. The van der Waals surface area contributed by atoms with Crippen molar-refractivity contribution >= 4 is 29.5 Å². The summed E-state index contributed by atoms with van der Waals surface area (Å²) in [7, 11) is 0.716. The Hall–Kier alpha value is -4.42. The van der Waals surface area contributed by atoms with Crippen LogP contribution in [0, 0.1) is 0 Å². The molecule has 0 bridgehead atoms. The first-order valence-corrected chi connectivity index (χ1v) is 11.0. The van der Waals surface area contributed by atoms with Gasteiger partial charge in [-0.1, -0.05) is 84.9 Å². The van der Waals surface area contributed by atoms with E-state index in [0.717, 1.165) is 44.3 Å². The lowest BCUT2D eigenvalue weighted by Gasteiger charge is -2.14. The molecule has 6 heteroatoms. The molecule has 0 saturated carbocycles. The van der Waals surface area contributed by atoms with Gasteiger partial charge in [0.05, 0.1) is 28.6 Å². The van der Waals surface area contributed by atoms with Gasteiger partial charge in [0.2, 0.25) is 0 Å². The number of hydrogen-bond acceptors (Lipinski definition) is 4. The van der Waals surface area contributed by atoms with E-state index < -0.39 is 0 Å². The van der Waals surface area contributed by atoms with Crippen LogP contribution in [-0.4, -0.2) is 27.2 Å². The molecule has 6 rings (SSSR count). The van der Waals surface area contributed by atoms with Crippen molar-refractivity contribution in [1.82, 2.24) is 14.5 Å². The molecule has 0 spiro atoms. The van der Waals surface area contributed by atoms with Crippen molar-refractivity contribution in [2.24, 2.45) is 0 Å². The fourth-order valence-corrected chi connectivity index (χ4v) is 4.47. The van der Waals surface area contributed by atoms with Gasteiger partial charge in [0, 0.05) is 21.9 Å². The predicted octanol–water partition coefficient (Wildman–Crippen LogP) is 5.81. The molecule has 0 saturated heterocycles. The van der Waals surface area contributed by atoms with Crippen LogP contribution >= 0.6 is 0 Å². The maximum atomic E-state index is 9.33. The molecule has 4 aromatic carbocycles. The van der Waals surface area contributed by atoms with E-state index >= 15 is 0 Å². The topological polar surface area (TPSA) is 60.2 Å². The molecule has 0 atom stereocenters. The van der Waals surface area contributed by atoms with Gasteiger partial charge in [0.25, 0.3) is 0 Å². The molecule has 2 heterocycles.